The molecule has 1 N–H and O–H groups in total. The predicted octanol–water partition coefficient (Wildman–Crippen LogP) is -0.0263. The van der Waals surface area contributed by atoms with Crippen LogP contribution >= 0.6 is 10.8 Å². The Labute approximate surface area is 301 Å². The van der Waals surface area contributed by atoms with Crippen molar-refractivity contribution in [1.82, 2.24) is 5.32 Å². The van der Waals surface area contributed by atoms with Crippen LogP contribution in [-0.2, 0) is 75.3 Å². The summed E-state index contributed by atoms with van der Waals surface area (Å²) in [5, 5.41) is 2.58. The molecule has 0 aliphatic rings. The number of hydrogen-bond donors (Lipinski definition) is 1. The normalized spacial score (nSPS) is 11.7. The van der Waals surface area contributed by atoms with Crippen LogP contribution in [0.1, 0.15) is 13.3 Å². The van der Waals surface area contributed by atoms with Crippen LogP contribution < -0.4 is 5.32 Å². The average Bonchev–Trinajstić information content (AvgIpc) is 3.08. The van der Waals surface area contributed by atoms with Gasteiger partial charge in [-0.15, -0.1) is 0 Å². The van der Waals surface area contributed by atoms with Crippen LogP contribution in [-0.4, -0.2) is 197 Å². The third-order valence-corrected chi connectivity index (χ3v) is 8.11. The fourth-order valence-electron chi connectivity index (χ4n) is 3.21. The summed E-state index contributed by atoms with van der Waals surface area (Å²) in [6.07, 6.45) is 1.49. The summed E-state index contributed by atoms with van der Waals surface area (Å²) in [4.78, 5) is 22.2. The molecular formula is C31H61NO16S2. The summed E-state index contributed by atoms with van der Waals surface area (Å²) < 4.78 is 86.9. The SMILES string of the molecule is CC(=O)CCOCCOCCOCCOCCOCCOCCOCCOCCOCCOCCOCCOCCNC(=O)CSS(C)(=O)=O. The molecule has 0 saturated carbocycles. The molecule has 298 valence electrons. The second kappa shape index (κ2) is 39.2. The zero-order valence-corrected chi connectivity index (χ0v) is 31.6. The van der Waals surface area contributed by atoms with Crippen molar-refractivity contribution in [1.29, 1.82) is 0 Å². The van der Waals surface area contributed by atoms with Crippen molar-refractivity contribution in [2.45, 2.75) is 13.3 Å². The van der Waals surface area contributed by atoms with Crippen LogP contribution in [0.5, 0.6) is 0 Å². The number of carbonyl (C=O) groups excluding carboxylic acids is 2. The largest absolute Gasteiger partial charge is 0.379 e. The van der Waals surface area contributed by atoms with E-state index >= 15 is 0 Å². The summed E-state index contributed by atoms with van der Waals surface area (Å²) in [6, 6.07) is 0. The van der Waals surface area contributed by atoms with Gasteiger partial charge in [0.15, 0.2) is 8.87 Å². The van der Waals surface area contributed by atoms with Crippen molar-refractivity contribution in [3.8, 4) is 0 Å². The first-order valence-corrected chi connectivity index (χ1v) is 20.2. The molecule has 0 aromatic heterocycles. The molecule has 0 spiro atoms. The lowest BCUT2D eigenvalue weighted by molar-refractivity contribution is -0.119. The lowest BCUT2D eigenvalue weighted by Gasteiger charge is -2.09. The van der Waals surface area contributed by atoms with E-state index in [9.17, 15) is 18.0 Å². The second-order valence-corrected chi connectivity index (χ2v) is 14.6. The van der Waals surface area contributed by atoms with E-state index < -0.39 is 8.87 Å². The summed E-state index contributed by atoms with van der Waals surface area (Å²) in [5.41, 5.74) is 0. The molecule has 0 rings (SSSR count). The van der Waals surface area contributed by atoms with Crippen LogP contribution in [0.15, 0.2) is 0 Å². The molecule has 0 radical (unpaired) electrons. The first-order valence-electron chi connectivity index (χ1n) is 16.8. The molecule has 0 aliphatic carbocycles. The fraction of sp³-hybridized carbons (Fsp3) is 0.935. The van der Waals surface area contributed by atoms with Gasteiger partial charge in [-0.05, 0) is 17.7 Å². The Balaban J connectivity index is 3.11. The number of ether oxygens (including phenoxy) is 12. The molecular weight excluding hydrogens is 706 g/mol. The van der Waals surface area contributed by atoms with Crippen LogP contribution in [0, 0.1) is 0 Å². The number of rotatable bonds is 42. The van der Waals surface area contributed by atoms with Gasteiger partial charge in [0.1, 0.15) is 5.78 Å². The van der Waals surface area contributed by atoms with Crippen molar-refractivity contribution in [3.05, 3.63) is 0 Å². The maximum Gasteiger partial charge on any atom is 0.231 e. The summed E-state index contributed by atoms with van der Waals surface area (Å²) >= 11 is 0. The standard InChI is InChI=1S/C31H61NO16S2/c1-30(33)3-5-37-7-9-39-11-13-41-15-17-43-19-21-45-23-25-47-27-28-48-26-24-46-22-20-44-18-16-42-14-12-40-10-8-38-6-4-32-31(34)29-49-50(2,35)36/h3-29H2,1-2H3,(H,32,34). The molecule has 0 heterocycles. The lowest BCUT2D eigenvalue weighted by Crippen LogP contribution is -2.29. The van der Waals surface area contributed by atoms with Crippen LogP contribution in [0.25, 0.3) is 0 Å². The van der Waals surface area contributed by atoms with E-state index in [0.717, 1.165) is 6.26 Å². The number of ketones is 1. The van der Waals surface area contributed by atoms with Gasteiger partial charge in [-0.1, -0.05) is 0 Å². The quantitative estimate of drug-likeness (QED) is 0.0643. The van der Waals surface area contributed by atoms with Gasteiger partial charge in [0.25, 0.3) is 0 Å². The molecule has 0 aliphatic heterocycles. The van der Waals surface area contributed by atoms with E-state index in [1.165, 1.54) is 0 Å². The van der Waals surface area contributed by atoms with Crippen molar-refractivity contribution in [2.24, 2.45) is 0 Å². The second-order valence-electron chi connectivity index (χ2n) is 10.1. The Morgan fingerprint density at radius 2 is 0.680 bits per heavy atom. The molecule has 17 nitrogen and oxygen atoms in total. The minimum absolute atomic E-state index is 0.119. The van der Waals surface area contributed by atoms with E-state index in [1.54, 1.807) is 6.92 Å². The molecule has 1 amide bonds. The summed E-state index contributed by atoms with van der Waals surface area (Å²) in [5.74, 6) is -0.363. The number of nitrogens with one attached hydrogen (secondary N) is 1. The first kappa shape index (κ1) is 49.0. The minimum Gasteiger partial charge on any atom is -0.379 e. The molecule has 0 bridgehead atoms. The van der Waals surface area contributed by atoms with Crippen LogP contribution in [0.2, 0.25) is 0 Å². The Morgan fingerprint density at radius 1 is 0.440 bits per heavy atom. The lowest BCUT2D eigenvalue weighted by atomic mass is 10.3. The molecule has 0 aromatic carbocycles. The van der Waals surface area contributed by atoms with E-state index in [4.69, 9.17) is 56.8 Å². The maximum atomic E-state index is 11.5. The predicted molar refractivity (Wildman–Crippen MR) is 185 cm³/mol. The number of carbonyl (C=O) groups is 2. The Morgan fingerprint density at radius 3 is 0.920 bits per heavy atom. The Bertz CT molecular complexity index is 857. The topological polar surface area (TPSA) is 191 Å². The van der Waals surface area contributed by atoms with Gasteiger partial charge in [0, 0.05) is 19.2 Å². The monoisotopic (exact) mass is 767 g/mol. The maximum absolute atomic E-state index is 11.5. The van der Waals surface area contributed by atoms with E-state index in [0.29, 0.717) is 182 Å². The molecule has 0 saturated heterocycles. The van der Waals surface area contributed by atoms with Crippen LogP contribution in [0.4, 0.5) is 0 Å². The highest BCUT2D eigenvalue weighted by atomic mass is 33.1. The van der Waals surface area contributed by atoms with Crippen molar-refractivity contribution < 1.29 is 74.8 Å². The Kier molecular flexibility index (Phi) is 38.4. The minimum atomic E-state index is -3.22. The summed E-state index contributed by atoms with van der Waals surface area (Å²) in [7, 11) is -2.63. The van der Waals surface area contributed by atoms with Gasteiger partial charge in [-0.25, -0.2) is 8.42 Å². The zero-order chi connectivity index (χ0) is 36.6. The van der Waals surface area contributed by atoms with Crippen molar-refractivity contribution in [2.75, 3.05) is 177 Å². The van der Waals surface area contributed by atoms with E-state index in [2.05, 4.69) is 5.32 Å². The third-order valence-electron chi connectivity index (χ3n) is 5.66. The highest BCUT2D eigenvalue weighted by Crippen LogP contribution is 2.07. The number of hydrogen-bond acceptors (Lipinski definition) is 17. The molecule has 0 fully saturated rings. The van der Waals surface area contributed by atoms with Gasteiger partial charge >= 0.3 is 0 Å². The highest BCUT2D eigenvalue weighted by molar-refractivity contribution is 8.72. The average molecular weight is 768 g/mol. The zero-order valence-electron chi connectivity index (χ0n) is 29.9. The number of amides is 1. The number of Topliss-reactive ketones (excluding diaryl/α,β-unsaturated/α-hetero) is 1. The summed E-state index contributed by atoms with van der Waals surface area (Å²) in [6.45, 7) is 12.8. The van der Waals surface area contributed by atoms with E-state index in [-0.39, 0.29) is 17.4 Å². The van der Waals surface area contributed by atoms with Gasteiger partial charge in [0.05, 0.1) is 164 Å². The molecule has 0 unspecified atom stereocenters. The fourth-order valence-corrected chi connectivity index (χ4v) is 4.60. The Hall–Kier alpha value is -1.04. The third kappa shape index (κ3) is 45.0. The molecule has 50 heavy (non-hydrogen) atoms. The van der Waals surface area contributed by atoms with Crippen molar-refractivity contribution >= 4 is 31.4 Å². The first-order chi connectivity index (χ1) is 24.3. The van der Waals surface area contributed by atoms with Gasteiger partial charge in [-0.3, -0.25) is 9.59 Å². The van der Waals surface area contributed by atoms with Gasteiger partial charge in [0.2, 0.25) is 5.91 Å². The van der Waals surface area contributed by atoms with Gasteiger partial charge < -0.3 is 62.2 Å². The smallest absolute Gasteiger partial charge is 0.231 e. The van der Waals surface area contributed by atoms with Crippen LogP contribution in [0.3, 0.4) is 0 Å². The van der Waals surface area contributed by atoms with E-state index in [1.807, 2.05) is 0 Å². The molecule has 0 aromatic rings. The highest BCUT2D eigenvalue weighted by Gasteiger charge is 2.07. The van der Waals surface area contributed by atoms with Crippen molar-refractivity contribution in [3.63, 3.8) is 0 Å². The molecule has 19 heteroatoms. The van der Waals surface area contributed by atoms with Gasteiger partial charge in [-0.2, -0.15) is 0 Å². The molecule has 0 atom stereocenters.